The smallest absolute Gasteiger partial charge is 0.310 e. The van der Waals surface area contributed by atoms with Crippen molar-refractivity contribution in [3.63, 3.8) is 0 Å². The summed E-state index contributed by atoms with van der Waals surface area (Å²) in [6.45, 7) is 6.94. The normalized spacial score (nSPS) is 23.9. The average Bonchev–Trinajstić information content (AvgIpc) is 3.39. The maximum Gasteiger partial charge on any atom is 0.310 e. The van der Waals surface area contributed by atoms with Crippen LogP contribution in [0.15, 0.2) is 9.70 Å². The van der Waals surface area contributed by atoms with Crippen molar-refractivity contribution >= 4 is 61.9 Å². The van der Waals surface area contributed by atoms with E-state index in [0.29, 0.717) is 67.2 Å². The third-order valence-electron chi connectivity index (χ3n) is 7.31. The van der Waals surface area contributed by atoms with Gasteiger partial charge in [0.1, 0.15) is 21.8 Å². The number of rotatable bonds is 7. The van der Waals surface area contributed by atoms with Gasteiger partial charge in [0.15, 0.2) is 9.84 Å². The first-order chi connectivity index (χ1) is 18.5. The molecule has 0 spiro atoms. The Hall–Kier alpha value is -2.69. The van der Waals surface area contributed by atoms with Crippen molar-refractivity contribution in [2.24, 2.45) is 5.92 Å². The zero-order valence-electron chi connectivity index (χ0n) is 22.3. The van der Waals surface area contributed by atoms with Crippen molar-refractivity contribution in [3.8, 4) is 6.07 Å². The van der Waals surface area contributed by atoms with Gasteiger partial charge in [0.2, 0.25) is 0 Å². The number of thiocarbonyl (C=S) groups is 1. The number of carbonyl (C=O) groups excluding carboxylic acids is 2. The van der Waals surface area contributed by atoms with Crippen LogP contribution in [0.4, 0.5) is 5.82 Å². The summed E-state index contributed by atoms with van der Waals surface area (Å²) in [7, 11) is -3.23. The largest absolute Gasteiger partial charge is 0.466 e. The predicted octanol–water partition coefficient (Wildman–Crippen LogP) is 2.61. The number of anilines is 1. The number of hydrogen-bond donors (Lipinski definition) is 0. The first kappa shape index (κ1) is 29.3. The highest BCUT2D eigenvalue weighted by atomic mass is 32.2. The molecule has 0 bridgehead atoms. The fourth-order valence-electron chi connectivity index (χ4n) is 5.44. The molecule has 3 saturated heterocycles. The minimum Gasteiger partial charge on any atom is -0.466 e. The van der Waals surface area contributed by atoms with E-state index in [1.165, 1.54) is 4.90 Å². The minimum absolute atomic E-state index is 0.00485. The van der Waals surface area contributed by atoms with Crippen LogP contribution in [-0.2, 0) is 30.7 Å². The second-order valence-electron chi connectivity index (χ2n) is 9.95. The summed E-state index contributed by atoms with van der Waals surface area (Å²) in [6, 6.07) is 1.53. The lowest BCUT2D eigenvalue weighted by molar-refractivity contribution is -0.148. The minimum atomic E-state index is -3.23. The molecular weight excluding hydrogens is 561 g/mol. The average molecular weight is 593 g/mol. The maximum absolute atomic E-state index is 13.5. The van der Waals surface area contributed by atoms with E-state index < -0.39 is 21.4 Å². The van der Waals surface area contributed by atoms with E-state index >= 15 is 0 Å². The molecule has 210 valence electrons. The number of piperidine rings is 1. The number of esters is 1. The number of nitriles is 1. The summed E-state index contributed by atoms with van der Waals surface area (Å²) in [4.78, 5) is 43.2. The maximum atomic E-state index is 13.5. The molecule has 0 saturated carbocycles. The number of sulfone groups is 1. The number of ether oxygens (including phenoxy) is 1. The first-order valence-corrected chi connectivity index (χ1v) is 16.1. The summed E-state index contributed by atoms with van der Waals surface area (Å²) >= 11 is 6.57. The van der Waals surface area contributed by atoms with Crippen LogP contribution in [0.25, 0.3) is 6.08 Å². The molecular formula is C26H32N4O6S3. The van der Waals surface area contributed by atoms with Gasteiger partial charge in [0.05, 0.1) is 35.0 Å². The van der Waals surface area contributed by atoms with Crippen LogP contribution < -0.4 is 10.5 Å². The molecule has 0 aromatic carbocycles. The van der Waals surface area contributed by atoms with Crippen LogP contribution in [0.2, 0.25) is 0 Å². The molecule has 3 aliphatic rings. The van der Waals surface area contributed by atoms with Crippen LogP contribution >= 0.6 is 24.0 Å². The molecule has 13 heteroatoms. The van der Waals surface area contributed by atoms with E-state index in [-0.39, 0.29) is 45.8 Å². The second-order valence-corrected chi connectivity index (χ2v) is 13.9. The molecule has 3 fully saturated rings. The molecule has 39 heavy (non-hydrogen) atoms. The molecule has 3 aliphatic heterocycles. The van der Waals surface area contributed by atoms with Crippen molar-refractivity contribution in [1.29, 1.82) is 5.26 Å². The Bertz CT molecular complexity index is 1440. The van der Waals surface area contributed by atoms with Crippen LogP contribution in [0.1, 0.15) is 56.2 Å². The number of nitrogens with zero attached hydrogens (tertiary/aromatic N) is 4. The zero-order chi connectivity index (χ0) is 28.5. The number of thioether (sulfide) groups is 1. The lowest BCUT2D eigenvalue weighted by atomic mass is 9.96. The molecule has 10 nitrogen and oxygen atoms in total. The summed E-state index contributed by atoms with van der Waals surface area (Å²) in [5, 5.41) is 9.86. The van der Waals surface area contributed by atoms with Crippen molar-refractivity contribution in [1.82, 2.24) is 9.47 Å². The number of aromatic nitrogens is 1. The lowest BCUT2D eigenvalue weighted by Crippen LogP contribution is -2.43. The molecule has 4 rings (SSSR count). The van der Waals surface area contributed by atoms with Crippen molar-refractivity contribution in [3.05, 3.63) is 31.9 Å². The standard InChI is InChI=1S/C26H32N4O6S3/c1-4-9-29-22(28-10-6-7-17(14-28)25(33)36-5-2)19(16(3)20(13-27)23(29)31)12-21-24(32)30(26(37)38-21)18-8-11-39(34,35)15-18/h12,17-18H,4-11,14-15H2,1-3H3/b21-12-. The van der Waals surface area contributed by atoms with Gasteiger partial charge in [-0.25, -0.2) is 8.42 Å². The molecule has 1 amide bonds. The lowest BCUT2D eigenvalue weighted by Gasteiger charge is -2.36. The number of carbonyl (C=O) groups is 2. The highest BCUT2D eigenvalue weighted by Crippen LogP contribution is 2.39. The Balaban J connectivity index is 1.83. The Morgan fingerprint density at radius 2 is 2.03 bits per heavy atom. The number of hydrogen-bond acceptors (Lipinski definition) is 10. The van der Waals surface area contributed by atoms with E-state index in [1.54, 1.807) is 24.5 Å². The van der Waals surface area contributed by atoms with Gasteiger partial charge in [0, 0.05) is 25.2 Å². The van der Waals surface area contributed by atoms with Gasteiger partial charge < -0.3 is 9.64 Å². The number of amides is 1. The summed E-state index contributed by atoms with van der Waals surface area (Å²) < 4.78 is 31.2. The van der Waals surface area contributed by atoms with Crippen molar-refractivity contribution in [2.45, 2.75) is 59.0 Å². The van der Waals surface area contributed by atoms with Crippen molar-refractivity contribution < 1.29 is 22.7 Å². The van der Waals surface area contributed by atoms with E-state index in [2.05, 4.69) is 0 Å². The topological polar surface area (TPSA) is 130 Å². The van der Waals surface area contributed by atoms with E-state index in [9.17, 15) is 28.1 Å². The summed E-state index contributed by atoms with van der Waals surface area (Å²) in [6.07, 6.45) is 4.00. The van der Waals surface area contributed by atoms with Gasteiger partial charge in [-0.05, 0) is 51.2 Å². The third-order valence-corrected chi connectivity index (χ3v) is 10.4. The van der Waals surface area contributed by atoms with Crippen LogP contribution in [0, 0.1) is 24.2 Å². The van der Waals surface area contributed by atoms with Gasteiger partial charge in [-0.1, -0.05) is 30.9 Å². The predicted molar refractivity (Wildman–Crippen MR) is 154 cm³/mol. The fourth-order valence-corrected chi connectivity index (χ4v) is 8.52. The second kappa shape index (κ2) is 11.8. The zero-order valence-corrected chi connectivity index (χ0v) is 24.7. The molecule has 0 aliphatic carbocycles. The van der Waals surface area contributed by atoms with Gasteiger partial charge in [-0.15, -0.1) is 0 Å². The fraction of sp³-hybridized carbons (Fsp3) is 0.577. The Kier molecular flexibility index (Phi) is 8.88. The quantitative estimate of drug-likeness (QED) is 0.265. The monoisotopic (exact) mass is 592 g/mol. The summed E-state index contributed by atoms with van der Waals surface area (Å²) in [5.41, 5.74) is 0.571. The van der Waals surface area contributed by atoms with Crippen LogP contribution in [0.5, 0.6) is 0 Å². The molecule has 1 aromatic heterocycles. The highest BCUT2D eigenvalue weighted by molar-refractivity contribution is 8.26. The first-order valence-electron chi connectivity index (χ1n) is 13.1. The Labute approximate surface area is 237 Å². The van der Waals surface area contributed by atoms with Crippen LogP contribution in [0.3, 0.4) is 0 Å². The van der Waals surface area contributed by atoms with Gasteiger partial charge in [0.25, 0.3) is 11.5 Å². The van der Waals surface area contributed by atoms with Gasteiger partial charge >= 0.3 is 5.97 Å². The van der Waals surface area contributed by atoms with E-state index in [0.717, 1.165) is 11.8 Å². The molecule has 1 aromatic rings. The van der Waals surface area contributed by atoms with Gasteiger partial charge in [-0.2, -0.15) is 5.26 Å². The van der Waals surface area contributed by atoms with Crippen LogP contribution in [-0.4, -0.2) is 71.3 Å². The Morgan fingerprint density at radius 1 is 1.28 bits per heavy atom. The number of pyridine rings is 1. The molecule has 2 unspecified atom stereocenters. The molecule has 2 atom stereocenters. The third kappa shape index (κ3) is 5.78. The van der Waals surface area contributed by atoms with E-state index in [1.807, 2.05) is 17.9 Å². The van der Waals surface area contributed by atoms with Crippen molar-refractivity contribution in [2.75, 3.05) is 36.1 Å². The highest BCUT2D eigenvalue weighted by Gasteiger charge is 2.42. The molecule has 0 radical (unpaired) electrons. The SMILES string of the molecule is CCCn1c(N2CCCC(C(=O)OCC)C2)c(/C=C2\SC(=S)N(C3CCS(=O)(=O)C3)C2=O)c(C)c(C#N)c1=O. The van der Waals surface area contributed by atoms with E-state index in [4.69, 9.17) is 17.0 Å². The van der Waals surface area contributed by atoms with Gasteiger partial charge in [-0.3, -0.25) is 23.9 Å². The molecule has 0 N–H and O–H groups in total. The Morgan fingerprint density at radius 3 is 2.64 bits per heavy atom. The summed E-state index contributed by atoms with van der Waals surface area (Å²) in [5.74, 6) is -0.587. The molecule has 4 heterocycles.